The van der Waals surface area contributed by atoms with Crippen LogP contribution in [0.3, 0.4) is 0 Å². The van der Waals surface area contributed by atoms with Crippen molar-refractivity contribution in [1.29, 1.82) is 5.26 Å². The highest BCUT2D eigenvalue weighted by atomic mass is 16.2. The van der Waals surface area contributed by atoms with Crippen LogP contribution >= 0.6 is 0 Å². The zero-order valence-electron chi connectivity index (χ0n) is 15.1. The number of aromatic nitrogens is 2. The first-order valence-electron chi connectivity index (χ1n) is 8.06. The molecule has 0 radical (unpaired) electrons. The Balaban J connectivity index is 2.29. The summed E-state index contributed by atoms with van der Waals surface area (Å²) in [4.78, 5) is 32.0. The van der Waals surface area contributed by atoms with E-state index in [0.717, 1.165) is 5.56 Å². The Morgan fingerprint density at radius 2 is 2.04 bits per heavy atom. The molecule has 0 bridgehead atoms. The average molecular weight is 338 g/mol. The topological polar surface area (TPSA) is 98.6 Å². The second-order valence-electron chi connectivity index (χ2n) is 7.06. The van der Waals surface area contributed by atoms with Crippen molar-refractivity contribution in [2.24, 2.45) is 0 Å². The summed E-state index contributed by atoms with van der Waals surface area (Å²) in [6.07, 6.45) is 0. The van der Waals surface area contributed by atoms with Gasteiger partial charge in [0.2, 0.25) is 0 Å². The molecule has 6 heteroatoms. The van der Waals surface area contributed by atoms with Gasteiger partial charge in [0.25, 0.3) is 11.5 Å². The van der Waals surface area contributed by atoms with Crippen LogP contribution < -0.4 is 10.9 Å². The van der Waals surface area contributed by atoms with Gasteiger partial charge in [-0.2, -0.15) is 5.26 Å². The molecule has 0 aliphatic rings. The lowest BCUT2D eigenvalue weighted by molar-refractivity contribution is 0.0937. The van der Waals surface area contributed by atoms with E-state index in [9.17, 15) is 9.59 Å². The summed E-state index contributed by atoms with van der Waals surface area (Å²) in [5.41, 5.74) is 0.946. The lowest BCUT2D eigenvalue weighted by Gasteiger charge is -2.19. The normalized spacial score (nSPS) is 12.3. The molecular weight excluding hydrogens is 316 g/mol. The summed E-state index contributed by atoms with van der Waals surface area (Å²) < 4.78 is 0. The fraction of sp³-hybridized carbons (Fsp3) is 0.368. The number of hydrogen-bond donors (Lipinski definition) is 2. The summed E-state index contributed by atoms with van der Waals surface area (Å²) in [7, 11) is 0. The van der Waals surface area contributed by atoms with Crippen LogP contribution in [-0.2, 0) is 5.41 Å². The Morgan fingerprint density at radius 1 is 1.36 bits per heavy atom. The molecule has 1 amide bonds. The number of nitrogens with zero attached hydrogens (tertiary/aromatic N) is 2. The van der Waals surface area contributed by atoms with E-state index in [-0.39, 0.29) is 17.0 Å². The minimum absolute atomic E-state index is 0.0105. The van der Waals surface area contributed by atoms with Crippen molar-refractivity contribution in [2.75, 3.05) is 0 Å². The first kappa shape index (κ1) is 18.4. The molecule has 2 aromatic rings. The van der Waals surface area contributed by atoms with Crippen molar-refractivity contribution in [2.45, 2.75) is 46.1 Å². The molecule has 0 fully saturated rings. The molecule has 6 nitrogen and oxygen atoms in total. The number of amides is 1. The Bertz CT molecular complexity index is 901. The smallest absolute Gasteiger partial charge is 0.264 e. The van der Waals surface area contributed by atoms with Gasteiger partial charge in [0.05, 0.1) is 23.4 Å². The number of nitriles is 1. The van der Waals surface area contributed by atoms with Crippen molar-refractivity contribution in [3.63, 3.8) is 0 Å². The average Bonchev–Trinajstić information content (AvgIpc) is 2.53. The summed E-state index contributed by atoms with van der Waals surface area (Å²) >= 11 is 0. The predicted molar refractivity (Wildman–Crippen MR) is 95.3 cm³/mol. The maximum absolute atomic E-state index is 12.5. The highest BCUT2D eigenvalue weighted by Crippen LogP contribution is 2.18. The molecule has 1 heterocycles. The third kappa shape index (κ3) is 4.13. The lowest BCUT2D eigenvalue weighted by Crippen LogP contribution is -2.35. The molecule has 0 saturated carbocycles. The molecule has 2 rings (SSSR count). The minimum atomic E-state index is -0.485. The van der Waals surface area contributed by atoms with Crippen molar-refractivity contribution >= 4 is 5.91 Å². The number of hydrogen-bond acceptors (Lipinski definition) is 4. The molecule has 0 aliphatic heterocycles. The number of carbonyl (C=O) groups excluding carboxylic acids is 1. The van der Waals surface area contributed by atoms with Gasteiger partial charge in [0, 0.05) is 5.41 Å². The van der Waals surface area contributed by atoms with E-state index in [1.54, 1.807) is 32.0 Å². The SMILES string of the molecule is Cc1nc(C(C)(C)C)[nH]c(=O)c1C(=O)N[C@@H](C)c1cccc(C#N)c1. The molecule has 130 valence electrons. The van der Waals surface area contributed by atoms with E-state index >= 15 is 0 Å². The molecule has 0 aliphatic carbocycles. The van der Waals surface area contributed by atoms with Gasteiger partial charge < -0.3 is 10.3 Å². The van der Waals surface area contributed by atoms with Crippen molar-refractivity contribution < 1.29 is 4.79 Å². The molecule has 1 aromatic carbocycles. The Kier molecular flexibility index (Phi) is 5.07. The van der Waals surface area contributed by atoms with Crippen LogP contribution in [-0.4, -0.2) is 15.9 Å². The molecule has 1 atom stereocenters. The van der Waals surface area contributed by atoms with Gasteiger partial charge in [-0.25, -0.2) is 4.98 Å². The van der Waals surface area contributed by atoms with Gasteiger partial charge in [-0.15, -0.1) is 0 Å². The number of benzene rings is 1. The highest BCUT2D eigenvalue weighted by Gasteiger charge is 2.23. The molecule has 1 aromatic heterocycles. The Morgan fingerprint density at radius 3 is 2.60 bits per heavy atom. The van der Waals surface area contributed by atoms with Crippen LogP contribution in [0.2, 0.25) is 0 Å². The first-order chi connectivity index (χ1) is 11.6. The highest BCUT2D eigenvalue weighted by molar-refractivity contribution is 5.95. The number of nitrogens with one attached hydrogen (secondary N) is 2. The number of rotatable bonds is 3. The second-order valence-corrected chi connectivity index (χ2v) is 7.06. The maximum atomic E-state index is 12.5. The predicted octanol–water partition coefficient (Wildman–Crippen LogP) is 2.74. The second kappa shape index (κ2) is 6.89. The van der Waals surface area contributed by atoms with Crippen molar-refractivity contribution in [1.82, 2.24) is 15.3 Å². The summed E-state index contributed by atoms with van der Waals surface area (Å²) in [6.45, 7) is 9.27. The standard InChI is InChI=1S/C19H22N4O2/c1-11(14-8-6-7-13(9-14)10-20)21-16(24)15-12(2)22-18(19(3,4)5)23-17(15)25/h6-9,11H,1-5H3,(H,21,24)(H,22,23,25)/t11-/m0/s1. The van der Waals surface area contributed by atoms with E-state index < -0.39 is 11.5 Å². The van der Waals surface area contributed by atoms with E-state index in [4.69, 9.17) is 5.26 Å². The van der Waals surface area contributed by atoms with Gasteiger partial charge >= 0.3 is 0 Å². The number of aryl methyl sites for hydroxylation is 1. The maximum Gasteiger partial charge on any atom is 0.264 e. The molecule has 0 saturated heterocycles. The number of H-pyrrole nitrogens is 1. The van der Waals surface area contributed by atoms with E-state index in [2.05, 4.69) is 21.4 Å². The van der Waals surface area contributed by atoms with E-state index in [1.165, 1.54) is 0 Å². The summed E-state index contributed by atoms with van der Waals surface area (Å²) in [5.74, 6) is 0.0582. The zero-order valence-corrected chi connectivity index (χ0v) is 15.1. The van der Waals surface area contributed by atoms with Gasteiger partial charge in [0.1, 0.15) is 11.4 Å². The van der Waals surface area contributed by atoms with E-state index in [0.29, 0.717) is 17.1 Å². The van der Waals surface area contributed by atoms with Gasteiger partial charge in [-0.1, -0.05) is 32.9 Å². The summed E-state index contributed by atoms with van der Waals surface area (Å²) in [5, 5.41) is 11.8. The van der Waals surface area contributed by atoms with Crippen molar-refractivity contribution in [3.8, 4) is 6.07 Å². The third-order valence-electron chi connectivity index (χ3n) is 3.90. The zero-order chi connectivity index (χ0) is 18.8. The van der Waals surface area contributed by atoms with Crippen LogP contribution in [0, 0.1) is 18.3 Å². The lowest BCUT2D eigenvalue weighted by atomic mass is 9.95. The van der Waals surface area contributed by atoms with Gasteiger partial charge in [0.15, 0.2) is 0 Å². The van der Waals surface area contributed by atoms with Crippen molar-refractivity contribution in [3.05, 3.63) is 62.8 Å². The van der Waals surface area contributed by atoms with Crippen LogP contribution in [0.5, 0.6) is 0 Å². The van der Waals surface area contributed by atoms with Crippen LogP contribution in [0.15, 0.2) is 29.1 Å². The minimum Gasteiger partial charge on any atom is -0.345 e. The Hall–Kier alpha value is -2.94. The summed E-state index contributed by atoms with van der Waals surface area (Å²) in [6, 6.07) is 8.71. The van der Waals surface area contributed by atoms with E-state index in [1.807, 2.05) is 26.8 Å². The molecular formula is C19H22N4O2. The quantitative estimate of drug-likeness (QED) is 0.899. The number of carbonyl (C=O) groups is 1. The van der Waals surface area contributed by atoms with Gasteiger partial charge in [-0.05, 0) is 31.5 Å². The van der Waals surface area contributed by atoms with Crippen LogP contribution in [0.1, 0.15) is 66.7 Å². The Labute approximate surface area is 146 Å². The van der Waals surface area contributed by atoms with Gasteiger partial charge in [-0.3, -0.25) is 9.59 Å². The monoisotopic (exact) mass is 338 g/mol. The molecule has 25 heavy (non-hydrogen) atoms. The first-order valence-corrected chi connectivity index (χ1v) is 8.06. The fourth-order valence-corrected chi connectivity index (χ4v) is 2.44. The molecule has 0 spiro atoms. The largest absolute Gasteiger partial charge is 0.345 e. The van der Waals surface area contributed by atoms with Crippen LogP contribution in [0.4, 0.5) is 0 Å². The molecule has 0 unspecified atom stereocenters. The molecule has 2 N–H and O–H groups in total. The number of aromatic amines is 1. The van der Waals surface area contributed by atoms with Crippen LogP contribution in [0.25, 0.3) is 0 Å². The third-order valence-corrected chi connectivity index (χ3v) is 3.90. The fourth-order valence-electron chi connectivity index (χ4n) is 2.44.